The van der Waals surface area contributed by atoms with Gasteiger partial charge >= 0.3 is 0 Å². The lowest BCUT2D eigenvalue weighted by molar-refractivity contribution is 1.47. The molecule has 6 aromatic carbocycles. The second-order valence-corrected chi connectivity index (χ2v) is 9.63. The van der Waals surface area contributed by atoms with Crippen LogP contribution in [-0.2, 0) is 0 Å². The van der Waals surface area contributed by atoms with E-state index in [4.69, 9.17) is 5.26 Å². The van der Waals surface area contributed by atoms with Crippen molar-refractivity contribution in [3.63, 3.8) is 0 Å². The van der Waals surface area contributed by atoms with Gasteiger partial charge in [0, 0.05) is 11.1 Å². The Kier molecular flexibility index (Phi) is 6.75. The number of benzene rings is 6. The van der Waals surface area contributed by atoms with Crippen LogP contribution >= 0.6 is 0 Å². The Bertz CT molecular complexity index is 1790. The maximum Gasteiger partial charge on any atom is 0.100 e. The molecule has 0 aliphatic carbocycles. The molecule has 0 amide bonds. The van der Waals surface area contributed by atoms with E-state index in [9.17, 15) is 5.26 Å². The zero-order valence-corrected chi connectivity index (χ0v) is 21.8. The van der Waals surface area contributed by atoms with Gasteiger partial charge < -0.3 is 0 Å². The summed E-state index contributed by atoms with van der Waals surface area (Å²) < 4.78 is 0. The molecule has 0 aliphatic rings. The molecule has 6 aromatic rings. The van der Waals surface area contributed by atoms with Crippen LogP contribution in [-0.4, -0.2) is 0 Å². The molecule has 2 heteroatoms. The van der Waals surface area contributed by atoms with Crippen LogP contribution in [0.25, 0.3) is 55.6 Å². The van der Waals surface area contributed by atoms with Crippen molar-refractivity contribution in [1.29, 1.82) is 10.5 Å². The molecule has 0 unspecified atom stereocenters. The van der Waals surface area contributed by atoms with E-state index in [0.717, 1.165) is 55.6 Å². The lowest BCUT2D eigenvalue weighted by Crippen LogP contribution is -1.92. The Hall–Kier alpha value is -5.70. The van der Waals surface area contributed by atoms with Crippen molar-refractivity contribution < 1.29 is 0 Å². The van der Waals surface area contributed by atoms with E-state index in [2.05, 4.69) is 97.1 Å². The van der Waals surface area contributed by atoms with Gasteiger partial charge in [0.1, 0.15) is 6.07 Å². The quantitative estimate of drug-likeness (QED) is 0.233. The lowest BCUT2D eigenvalue weighted by Gasteiger charge is -2.14. The van der Waals surface area contributed by atoms with Crippen LogP contribution < -0.4 is 0 Å². The Morgan fingerprint density at radius 3 is 1.02 bits per heavy atom. The average molecular weight is 509 g/mol. The maximum atomic E-state index is 10.2. The summed E-state index contributed by atoms with van der Waals surface area (Å²) in [6.07, 6.45) is 0. The monoisotopic (exact) mass is 508 g/mol. The fourth-order valence-electron chi connectivity index (χ4n) is 5.07. The highest BCUT2D eigenvalue weighted by Gasteiger charge is 2.15. The van der Waals surface area contributed by atoms with Gasteiger partial charge in [-0.25, -0.2) is 0 Å². The highest BCUT2D eigenvalue weighted by molar-refractivity contribution is 5.88. The predicted molar refractivity (Wildman–Crippen MR) is 163 cm³/mol. The van der Waals surface area contributed by atoms with Crippen LogP contribution in [0.1, 0.15) is 11.1 Å². The maximum absolute atomic E-state index is 10.2. The van der Waals surface area contributed by atoms with Crippen LogP contribution in [0.4, 0.5) is 0 Å². The molecule has 0 saturated carbocycles. The van der Waals surface area contributed by atoms with Crippen molar-refractivity contribution >= 4 is 0 Å². The highest BCUT2D eigenvalue weighted by atomic mass is 14.3. The van der Waals surface area contributed by atoms with E-state index in [0.29, 0.717) is 11.1 Å². The first-order valence-corrected chi connectivity index (χ1v) is 13.1. The van der Waals surface area contributed by atoms with Crippen LogP contribution in [0.5, 0.6) is 0 Å². The minimum absolute atomic E-state index is 0.662. The minimum atomic E-state index is 0.662. The fraction of sp³-hybridized carbons (Fsp3) is 0. The molecule has 6 rings (SSSR count). The Morgan fingerprint density at radius 2 is 0.675 bits per heavy atom. The second-order valence-electron chi connectivity index (χ2n) is 9.63. The smallest absolute Gasteiger partial charge is 0.100 e. The van der Waals surface area contributed by atoms with Gasteiger partial charge in [0.25, 0.3) is 0 Å². The van der Waals surface area contributed by atoms with Crippen LogP contribution in [0.2, 0.25) is 0 Å². The first-order valence-electron chi connectivity index (χ1n) is 13.1. The summed E-state index contributed by atoms with van der Waals surface area (Å²) in [4.78, 5) is 0. The SMILES string of the molecule is N#Cc1ccc(-c2ccc(-c3ccc(-c4cc(-c5ccccc5)c(C#N)c(-c5ccccc5)c4)cc3)cc2)cc1. The van der Waals surface area contributed by atoms with Gasteiger partial charge in [-0.3, -0.25) is 0 Å². The number of hydrogen-bond acceptors (Lipinski definition) is 2. The highest BCUT2D eigenvalue weighted by Crippen LogP contribution is 2.37. The van der Waals surface area contributed by atoms with Crippen molar-refractivity contribution in [2.45, 2.75) is 0 Å². The number of nitrogens with zero attached hydrogens (tertiary/aromatic N) is 2. The van der Waals surface area contributed by atoms with Crippen LogP contribution in [0.3, 0.4) is 0 Å². The molecule has 0 aliphatic heterocycles. The molecule has 0 spiro atoms. The van der Waals surface area contributed by atoms with E-state index in [1.807, 2.05) is 60.7 Å². The largest absolute Gasteiger partial charge is 0.192 e. The van der Waals surface area contributed by atoms with Gasteiger partial charge in [0.2, 0.25) is 0 Å². The first-order chi connectivity index (χ1) is 19.7. The van der Waals surface area contributed by atoms with Gasteiger partial charge in [0.05, 0.1) is 17.2 Å². The molecule has 0 saturated heterocycles. The topological polar surface area (TPSA) is 47.6 Å². The van der Waals surface area contributed by atoms with Gasteiger partial charge in [-0.2, -0.15) is 10.5 Å². The number of rotatable bonds is 5. The number of hydrogen-bond donors (Lipinski definition) is 0. The summed E-state index contributed by atoms with van der Waals surface area (Å²) in [5.41, 5.74) is 11.9. The molecule has 40 heavy (non-hydrogen) atoms. The van der Waals surface area contributed by atoms with Gasteiger partial charge in [-0.1, -0.05) is 121 Å². The molecule has 186 valence electrons. The van der Waals surface area contributed by atoms with E-state index in [1.54, 1.807) is 0 Å². The molecule has 0 bridgehead atoms. The van der Waals surface area contributed by atoms with Crippen LogP contribution in [0.15, 0.2) is 146 Å². The van der Waals surface area contributed by atoms with E-state index in [1.165, 1.54) is 0 Å². The summed E-state index contributed by atoms with van der Waals surface area (Å²) >= 11 is 0. The van der Waals surface area contributed by atoms with Gasteiger partial charge in [0.15, 0.2) is 0 Å². The third-order valence-electron chi connectivity index (χ3n) is 7.20. The lowest BCUT2D eigenvalue weighted by atomic mass is 9.88. The third kappa shape index (κ3) is 4.91. The standard InChI is InChI=1S/C38H24N2/c39-25-27-11-13-28(14-12-27)29-15-17-30(18-16-29)31-19-21-32(22-20-31)35-23-36(33-7-3-1-4-8-33)38(26-40)37(24-35)34-9-5-2-6-10-34/h1-24H. The summed E-state index contributed by atoms with van der Waals surface area (Å²) in [7, 11) is 0. The van der Waals surface area contributed by atoms with E-state index >= 15 is 0 Å². The van der Waals surface area contributed by atoms with Crippen molar-refractivity contribution in [3.8, 4) is 67.8 Å². The normalized spacial score (nSPS) is 10.4. The zero-order chi connectivity index (χ0) is 27.3. The molecular formula is C38H24N2. The first kappa shape index (κ1) is 24.6. The van der Waals surface area contributed by atoms with Gasteiger partial charge in [-0.05, 0) is 68.8 Å². The summed E-state index contributed by atoms with van der Waals surface area (Å²) in [5, 5.41) is 19.2. The van der Waals surface area contributed by atoms with Crippen molar-refractivity contribution in [1.82, 2.24) is 0 Å². The molecule has 0 heterocycles. The van der Waals surface area contributed by atoms with E-state index < -0.39 is 0 Å². The Balaban J connectivity index is 1.37. The minimum Gasteiger partial charge on any atom is -0.192 e. The van der Waals surface area contributed by atoms with Gasteiger partial charge in [-0.15, -0.1) is 0 Å². The Labute approximate surface area is 234 Å². The number of nitriles is 2. The average Bonchev–Trinajstić information content (AvgIpc) is 3.05. The zero-order valence-electron chi connectivity index (χ0n) is 21.8. The molecular weight excluding hydrogens is 484 g/mol. The van der Waals surface area contributed by atoms with Crippen molar-refractivity contribution in [3.05, 3.63) is 157 Å². The molecule has 2 nitrogen and oxygen atoms in total. The van der Waals surface area contributed by atoms with Crippen LogP contribution in [0, 0.1) is 22.7 Å². The Morgan fingerprint density at radius 1 is 0.325 bits per heavy atom. The predicted octanol–water partition coefficient (Wildman–Crippen LogP) is 9.76. The summed E-state index contributed by atoms with van der Waals surface area (Å²) in [6.45, 7) is 0. The molecule has 0 N–H and O–H groups in total. The third-order valence-corrected chi connectivity index (χ3v) is 7.20. The van der Waals surface area contributed by atoms with E-state index in [-0.39, 0.29) is 0 Å². The molecule has 0 atom stereocenters. The summed E-state index contributed by atoms with van der Waals surface area (Å²) in [6, 6.07) is 53.9. The molecule has 0 aromatic heterocycles. The second kappa shape index (κ2) is 11.0. The molecule has 0 fully saturated rings. The molecule has 0 radical (unpaired) electrons. The summed E-state index contributed by atoms with van der Waals surface area (Å²) in [5.74, 6) is 0. The fourth-order valence-corrected chi connectivity index (χ4v) is 5.07. The van der Waals surface area contributed by atoms with Crippen molar-refractivity contribution in [2.75, 3.05) is 0 Å². The van der Waals surface area contributed by atoms with Crippen molar-refractivity contribution in [2.24, 2.45) is 0 Å².